The maximum Gasteiger partial charge on any atom is 0.289 e. The van der Waals surface area contributed by atoms with Crippen LogP contribution >= 0.6 is 0 Å². The van der Waals surface area contributed by atoms with Gasteiger partial charge in [0.2, 0.25) is 0 Å². The molecule has 0 amide bonds. The molecular weight excluding hydrogens is 248 g/mol. The van der Waals surface area contributed by atoms with Crippen LogP contribution in [0.1, 0.15) is 26.7 Å². The number of ether oxygens (including phenoxy) is 1. The second kappa shape index (κ2) is 4.24. The summed E-state index contributed by atoms with van der Waals surface area (Å²) >= 11 is 0. The molecule has 0 radical (unpaired) electrons. The lowest BCUT2D eigenvalue weighted by molar-refractivity contribution is -0.116. The van der Waals surface area contributed by atoms with Crippen LogP contribution in [0, 0.1) is 23.2 Å². The lowest BCUT2D eigenvalue weighted by atomic mass is 9.45. The number of aliphatic imine (C=N–C) groups is 1. The highest BCUT2D eigenvalue weighted by Gasteiger charge is 2.58. The summed E-state index contributed by atoms with van der Waals surface area (Å²) in [6.07, 6.45) is 2.65. The Balaban J connectivity index is 1.55. The third-order valence-electron chi connectivity index (χ3n) is 5.75. The van der Waals surface area contributed by atoms with Crippen LogP contribution in [0.3, 0.4) is 0 Å². The van der Waals surface area contributed by atoms with E-state index in [0.29, 0.717) is 23.4 Å². The van der Waals surface area contributed by atoms with Gasteiger partial charge in [-0.1, -0.05) is 32.0 Å². The second-order valence-electron chi connectivity index (χ2n) is 7.08. The van der Waals surface area contributed by atoms with Crippen LogP contribution in [0.2, 0.25) is 0 Å². The molecule has 0 spiro atoms. The van der Waals surface area contributed by atoms with Crippen molar-refractivity contribution in [1.82, 2.24) is 0 Å². The van der Waals surface area contributed by atoms with Crippen molar-refractivity contribution in [3.8, 4) is 0 Å². The molecule has 5 rings (SSSR count). The Morgan fingerprint density at radius 2 is 2.00 bits per heavy atom. The van der Waals surface area contributed by atoms with Crippen LogP contribution in [0.25, 0.3) is 0 Å². The van der Waals surface area contributed by atoms with Crippen molar-refractivity contribution in [2.45, 2.75) is 32.7 Å². The summed E-state index contributed by atoms with van der Waals surface area (Å²) in [5.74, 6) is 2.26. The molecule has 1 aliphatic heterocycles. The minimum atomic E-state index is 0.454. The smallest absolute Gasteiger partial charge is 0.289 e. The van der Waals surface area contributed by atoms with E-state index >= 15 is 0 Å². The molecule has 3 fully saturated rings. The van der Waals surface area contributed by atoms with Gasteiger partial charge in [0, 0.05) is 11.6 Å². The normalized spacial score (nSPS) is 37.0. The highest BCUT2D eigenvalue weighted by molar-refractivity contribution is 5.89. The fourth-order valence-electron chi connectivity index (χ4n) is 4.30. The number of para-hydroxylation sites is 1. The SMILES string of the molecule is CC1(C)[C@H]2C[C@@H]3COC(Nc4ccccc4)=N[C@H]3[C@H]1C2. The summed E-state index contributed by atoms with van der Waals surface area (Å²) in [5.41, 5.74) is 1.52. The first kappa shape index (κ1) is 12.2. The molecule has 2 bridgehead atoms. The number of benzene rings is 1. The van der Waals surface area contributed by atoms with Crippen molar-refractivity contribution < 1.29 is 4.74 Å². The lowest BCUT2D eigenvalue weighted by Crippen LogP contribution is -2.60. The van der Waals surface area contributed by atoms with E-state index < -0.39 is 0 Å². The van der Waals surface area contributed by atoms with Crippen LogP contribution in [0.15, 0.2) is 35.3 Å². The van der Waals surface area contributed by atoms with Crippen molar-refractivity contribution in [2.24, 2.45) is 28.2 Å². The fraction of sp³-hybridized carbons (Fsp3) is 0.588. The van der Waals surface area contributed by atoms with Gasteiger partial charge >= 0.3 is 0 Å². The van der Waals surface area contributed by atoms with Crippen molar-refractivity contribution >= 4 is 11.7 Å². The van der Waals surface area contributed by atoms with Gasteiger partial charge in [-0.15, -0.1) is 0 Å². The van der Waals surface area contributed by atoms with E-state index in [-0.39, 0.29) is 0 Å². The van der Waals surface area contributed by atoms with E-state index in [9.17, 15) is 0 Å². The van der Waals surface area contributed by atoms with Crippen molar-refractivity contribution in [3.63, 3.8) is 0 Å². The van der Waals surface area contributed by atoms with E-state index in [4.69, 9.17) is 9.73 Å². The third kappa shape index (κ3) is 1.75. The van der Waals surface area contributed by atoms with Gasteiger partial charge in [0.25, 0.3) is 6.02 Å². The average molecular weight is 270 g/mol. The summed E-state index contributed by atoms with van der Waals surface area (Å²) in [7, 11) is 0. The first-order valence-electron chi connectivity index (χ1n) is 7.67. The van der Waals surface area contributed by atoms with E-state index in [0.717, 1.165) is 24.1 Å². The molecule has 3 saturated carbocycles. The number of amidine groups is 1. The molecule has 0 saturated heterocycles. The predicted molar refractivity (Wildman–Crippen MR) is 80.7 cm³/mol. The van der Waals surface area contributed by atoms with Crippen molar-refractivity contribution in [2.75, 3.05) is 11.9 Å². The van der Waals surface area contributed by atoms with Gasteiger partial charge in [-0.3, -0.25) is 0 Å². The Morgan fingerprint density at radius 3 is 2.75 bits per heavy atom. The van der Waals surface area contributed by atoms with Gasteiger partial charge in [0.05, 0.1) is 12.6 Å². The standard InChI is InChI=1S/C17H22N2O/c1-17(2)12-8-11-10-20-16(19-15(11)14(17)9-12)18-13-6-4-3-5-7-13/h3-7,11-12,14-15H,8-10H2,1-2H3,(H,18,19)/t11-,12+,14-,15-/m1/s1. The minimum Gasteiger partial charge on any atom is -0.465 e. The zero-order valence-corrected chi connectivity index (χ0v) is 12.2. The molecular formula is C17H22N2O. The number of rotatable bonds is 1. The van der Waals surface area contributed by atoms with E-state index in [1.807, 2.05) is 30.3 Å². The van der Waals surface area contributed by atoms with Crippen molar-refractivity contribution in [1.29, 1.82) is 0 Å². The fourth-order valence-corrected chi connectivity index (χ4v) is 4.30. The largest absolute Gasteiger partial charge is 0.465 e. The van der Waals surface area contributed by atoms with Gasteiger partial charge in [0.1, 0.15) is 0 Å². The van der Waals surface area contributed by atoms with Gasteiger partial charge < -0.3 is 10.1 Å². The van der Waals surface area contributed by atoms with E-state index in [1.165, 1.54) is 12.8 Å². The summed E-state index contributed by atoms with van der Waals surface area (Å²) in [4.78, 5) is 4.90. The average Bonchev–Trinajstić information content (AvgIpc) is 2.47. The Morgan fingerprint density at radius 1 is 1.20 bits per heavy atom. The topological polar surface area (TPSA) is 33.6 Å². The van der Waals surface area contributed by atoms with Crippen LogP contribution in [-0.2, 0) is 4.74 Å². The van der Waals surface area contributed by atoms with E-state index in [1.54, 1.807) is 0 Å². The maximum atomic E-state index is 5.83. The molecule has 3 nitrogen and oxygen atoms in total. The zero-order chi connectivity index (χ0) is 13.7. The molecule has 3 aliphatic carbocycles. The Labute approximate surface area is 120 Å². The Hall–Kier alpha value is -1.51. The molecule has 1 N–H and O–H groups in total. The molecule has 1 heterocycles. The molecule has 0 aromatic heterocycles. The first-order valence-corrected chi connectivity index (χ1v) is 7.67. The summed E-state index contributed by atoms with van der Waals surface area (Å²) in [5, 5.41) is 3.31. The Kier molecular flexibility index (Phi) is 2.60. The van der Waals surface area contributed by atoms with E-state index in [2.05, 4.69) is 19.2 Å². The molecule has 1 aromatic carbocycles. The Bertz CT molecular complexity index is 537. The lowest BCUT2D eigenvalue weighted by Gasteiger charge is -2.62. The molecule has 1 aromatic rings. The number of anilines is 1. The molecule has 4 atom stereocenters. The molecule has 3 heteroatoms. The van der Waals surface area contributed by atoms with Crippen molar-refractivity contribution in [3.05, 3.63) is 30.3 Å². The van der Waals surface area contributed by atoms with Gasteiger partial charge in [-0.05, 0) is 42.2 Å². The minimum absolute atomic E-state index is 0.454. The third-order valence-corrected chi connectivity index (χ3v) is 5.75. The quantitative estimate of drug-likeness (QED) is 0.847. The number of hydrogen-bond donors (Lipinski definition) is 1. The predicted octanol–water partition coefficient (Wildman–Crippen LogP) is 3.54. The van der Waals surface area contributed by atoms with Gasteiger partial charge in [-0.25, -0.2) is 4.99 Å². The van der Waals surface area contributed by atoms with Crippen LogP contribution < -0.4 is 5.32 Å². The summed E-state index contributed by atoms with van der Waals surface area (Å²) in [6.45, 7) is 5.65. The second-order valence-corrected chi connectivity index (χ2v) is 7.08. The maximum absolute atomic E-state index is 5.83. The highest BCUT2D eigenvalue weighted by atomic mass is 16.5. The van der Waals surface area contributed by atoms with Gasteiger partial charge in [-0.2, -0.15) is 0 Å². The van der Waals surface area contributed by atoms with Gasteiger partial charge in [0.15, 0.2) is 0 Å². The van der Waals surface area contributed by atoms with Crippen LogP contribution in [0.5, 0.6) is 0 Å². The number of nitrogens with one attached hydrogen (secondary N) is 1. The zero-order valence-electron chi connectivity index (χ0n) is 12.2. The molecule has 0 unspecified atom stereocenters. The first-order chi connectivity index (χ1) is 9.64. The molecule has 4 aliphatic rings. The summed E-state index contributed by atoms with van der Waals surface area (Å²) in [6, 6.07) is 11.3. The van der Waals surface area contributed by atoms with Crippen LogP contribution in [-0.4, -0.2) is 18.7 Å². The summed E-state index contributed by atoms with van der Waals surface area (Å²) < 4.78 is 5.83. The molecule has 20 heavy (non-hydrogen) atoms. The highest BCUT2D eigenvalue weighted by Crippen LogP contribution is 2.61. The monoisotopic (exact) mass is 270 g/mol. The number of hydrogen-bond acceptors (Lipinski definition) is 3. The molecule has 106 valence electrons. The van der Waals surface area contributed by atoms with Crippen LogP contribution in [0.4, 0.5) is 5.69 Å². The number of nitrogens with zero attached hydrogens (tertiary/aromatic N) is 1.